The predicted octanol–water partition coefficient (Wildman–Crippen LogP) is 6.82. The van der Waals surface area contributed by atoms with E-state index in [2.05, 4.69) is 4.98 Å². The van der Waals surface area contributed by atoms with E-state index >= 15 is 0 Å². The van der Waals surface area contributed by atoms with Crippen LogP contribution in [0, 0.1) is 11.6 Å². The van der Waals surface area contributed by atoms with Crippen molar-refractivity contribution in [2.75, 3.05) is 7.11 Å². The van der Waals surface area contributed by atoms with Crippen molar-refractivity contribution in [3.8, 4) is 5.75 Å². The molecule has 1 heterocycles. The van der Waals surface area contributed by atoms with Crippen LogP contribution in [-0.4, -0.2) is 18.1 Å². The van der Waals surface area contributed by atoms with E-state index in [0.717, 1.165) is 0 Å². The number of esters is 1. The summed E-state index contributed by atoms with van der Waals surface area (Å²) in [4.78, 5) is 17.4. The van der Waals surface area contributed by atoms with Crippen molar-refractivity contribution in [2.45, 2.75) is 17.4 Å². The van der Waals surface area contributed by atoms with E-state index in [1.54, 1.807) is 30.3 Å². The van der Waals surface area contributed by atoms with E-state index in [9.17, 15) is 13.6 Å². The highest BCUT2D eigenvalue weighted by Crippen LogP contribution is 2.38. The van der Waals surface area contributed by atoms with Gasteiger partial charge in [-0.2, -0.15) is 0 Å². The molecule has 0 amide bonds. The maximum atomic E-state index is 13.6. The van der Waals surface area contributed by atoms with E-state index in [4.69, 9.17) is 21.1 Å². The molecule has 0 aliphatic carbocycles. The molecule has 1 aromatic heterocycles. The van der Waals surface area contributed by atoms with E-state index < -0.39 is 11.8 Å². The lowest BCUT2D eigenvalue weighted by molar-refractivity contribution is 0.0590. The molecule has 0 N–H and O–H groups in total. The molecule has 8 heteroatoms. The molecule has 0 unspecified atom stereocenters. The minimum absolute atomic E-state index is 0.0453. The van der Waals surface area contributed by atoms with Crippen molar-refractivity contribution in [2.24, 2.45) is 0 Å². The summed E-state index contributed by atoms with van der Waals surface area (Å²) in [5.41, 5.74) is 2.08. The topological polar surface area (TPSA) is 48.4 Å². The number of benzene rings is 3. The lowest BCUT2D eigenvalue weighted by atomic mass is 10.1. The zero-order valence-electron chi connectivity index (χ0n) is 17.5. The fourth-order valence-corrected chi connectivity index (χ4v) is 4.60. The molecule has 0 aliphatic rings. The number of carbonyl (C=O) groups excluding carboxylic acids is 1. The van der Waals surface area contributed by atoms with Crippen molar-refractivity contribution in [1.82, 2.24) is 4.98 Å². The number of thioether (sulfide) groups is 1. The van der Waals surface area contributed by atoms with E-state index in [1.165, 1.54) is 43.1 Å². The van der Waals surface area contributed by atoms with Crippen LogP contribution in [-0.2, 0) is 17.1 Å². The first-order chi connectivity index (χ1) is 16.0. The second-order valence-electron chi connectivity index (χ2n) is 7.07. The first-order valence-corrected chi connectivity index (χ1v) is 11.3. The number of nitrogens with zero attached hydrogens (tertiary/aromatic N) is 1. The molecule has 0 saturated carbocycles. The van der Waals surface area contributed by atoms with Gasteiger partial charge in [-0.25, -0.2) is 18.6 Å². The third-order valence-electron chi connectivity index (χ3n) is 4.85. The summed E-state index contributed by atoms with van der Waals surface area (Å²) in [6.45, 7) is 0.0453. The lowest BCUT2D eigenvalue weighted by Crippen LogP contribution is -2.10. The van der Waals surface area contributed by atoms with Crippen molar-refractivity contribution in [3.05, 3.63) is 100 Å². The zero-order chi connectivity index (χ0) is 23.4. The number of fused-ring (bicyclic) bond motifs is 1. The summed E-state index contributed by atoms with van der Waals surface area (Å²) >= 11 is 7.42. The predicted molar refractivity (Wildman–Crippen MR) is 125 cm³/mol. The van der Waals surface area contributed by atoms with Gasteiger partial charge in [0.2, 0.25) is 0 Å². The summed E-state index contributed by atoms with van der Waals surface area (Å²) in [6, 6.07) is 17.4. The number of halogens is 3. The van der Waals surface area contributed by atoms with Gasteiger partial charge in [-0.1, -0.05) is 41.9 Å². The van der Waals surface area contributed by atoms with Crippen LogP contribution in [0.3, 0.4) is 0 Å². The molecule has 0 radical (unpaired) electrons. The van der Waals surface area contributed by atoms with Crippen molar-refractivity contribution in [1.29, 1.82) is 0 Å². The first kappa shape index (κ1) is 23.0. The second-order valence-corrected chi connectivity index (χ2v) is 8.44. The highest BCUT2D eigenvalue weighted by atomic mass is 35.5. The Morgan fingerprint density at radius 2 is 1.82 bits per heavy atom. The molecule has 0 bridgehead atoms. The Kier molecular flexibility index (Phi) is 7.11. The molecule has 4 aromatic rings. The van der Waals surface area contributed by atoms with Gasteiger partial charge in [0.1, 0.15) is 34.6 Å². The number of ether oxygens (including phenoxy) is 2. The maximum Gasteiger partial charge on any atom is 0.344 e. The van der Waals surface area contributed by atoms with Gasteiger partial charge in [-0.3, -0.25) is 0 Å². The summed E-state index contributed by atoms with van der Waals surface area (Å²) in [5, 5.41) is 1.29. The van der Waals surface area contributed by atoms with Crippen LogP contribution in [0.2, 0.25) is 5.02 Å². The largest absolute Gasteiger partial charge is 0.487 e. The van der Waals surface area contributed by atoms with Gasteiger partial charge >= 0.3 is 5.97 Å². The molecule has 33 heavy (non-hydrogen) atoms. The van der Waals surface area contributed by atoms with Gasteiger partial charge in [-0.05, 0) is 47.5 Å². The summed E-state index contributed by atoms with van der Waals surface area (Å²) in [7, 11) is 1.28. The Morgan fingerprint density at radius 1 is 1.03 bits per heavy atom. The van der Waals surface area contributed by atoms with Gasteiger partial charge in [0.25, 0.3) is 0 Å². The number of methoxy groups -OCH3 is 1. The average Bonchev–Trinajstić information content (AvgIpc) is 2.81. The fraction of sp³-hybridized carbons (Fsp3) is 0.120. The molecule has 0 atom stereocenters. The molecule has 3 aromatic carbocycles. The van der Waals surface area contributed by atoms with E-state index in [0.29, 0.717) is 38.6 Å². The van der Waals surface area contributed by atoms with Gasteiger partial charge in [0.15, 0.2) is 0 Å². The monoisotopic (exact) mass is 485 g/mol. The quantitative estimate of drug-likeness (QED) is 0.212. The van der Waals surface area contributed by atoms with Gasteiger partial charge in [0, 0.05) is 16.2 Å². The fourth-order valence-electron chi connectivity index (χ4n) is 3.26. The normalized spacial score (nSPS) is 10.9. The molecular formula is C25H18ClF2NO3S. The number of pyridine rings is 1. The standard InChI is InChI=1S/C25H18ClF2NO3S/c1-31-25(30)22-23(32-13-15-5-4-6-17(27)11-15)19-7-2-3-8-21(19)29-24(22)33-14-16-9-10-18(28)12-20(16)26/h2-12H,13-14H2,1H3. The molecule has 0 fully saturated rings. The summed E-state index contributed by atoms with van der Waals surface area (Å²) < 4.78 is 38.1. The smallest absolute Gasteiger partial charge is 0.344 e. The van der Waals surface area contributed by atoms with Crippen molar-refractivity contribution >= 4 is 40.2 Å². The Balaban J connectivity index is 1.76. The molecular weight excluding hydrogens is 468 g/mol. The Labute approximate surface area is 198 Å². The Morgan fingerprint density at radius 3 is 2.58 bits per heavy atom. The van der Waals surface area contributed by atoms with Gasteiger partial charge in [-0.15, -0.1) is 11.8 Å². The first-order valence-electron chi connectivity index (χ1n) is 9.91. The van der Waals surface area contributed by atoms with Crippen molar-refractivity contribution in [3.63, 3.8) is 0 Å². The number of para-hydroxylation sites is 1. The van der Waals surface area contributed by atoms with Crippen LogP contribution in [0.5, 0.6) is 5.75 Å². The molecule has 0 saturated heterocycles. The number of rotatable bonds is 7. The molecule has 0 aliphatic heterocycles. The molecule has 4 nitrogen and oxygen atoms in total. The second kappa shape index (κ2) is 10.2. The Hall–Kier alpha value is -3.16. The molecule has 0 spiro atoms. The summed E-state index contributed by atoms with van der Waals surface area (Å²) in [5.74, 6) is -0.783. The van der Waals surface area contributed by atoms with Crippen LogP contribution in [0.25, 0.3) is 10.9 Å². The molecule has 4 rings (SSSR count). The number of hydrogen-bond acceptors (Lipinski definition) is 5. The number of carbonyl (C=O) groups is 1. The molecule has 168 valence electrons. The maximum absolute atomic E-state index is 13.6. The highest BCUT2D eigenvalue weighted by molar-refractivity contribution is 7.98. The minimum Gasteiger partial charge on any atom is -0.487 e. The van der Waals surface area contributed by atoms with Crippen LogP contribution < -0.4 is 4.74 Å². The van der Waals surface area contributed by atoms with Gasteiger partial charge in [0.05, 0.1) is 12.6 Å². The lowest BCUT2D eigenvalue weighted by Gasteiger charge is -2.16. The van der Waals surface area contributed by atoms with Crippen LogP contribution in [0.4, 0.5) is 8.78 Å². The van der Waals surface area contributed by atoms with E-state index in [1.807, 2.05) is 12.1 Å². The summed E-state index contributed by atoms with van der Waals surface area (Å²) in [6.07, 6.45) is 0. The minimum atomic E-state index is -0.616. The number of hydrogen-bond donors (Lipinski definition) is 0. The highest BCUT2D eigenvalue weighted by Gasteiger charge is 2.24. The van der Waals surface area contributed by atoms with Gasteiger partial charge < -0.3 is 9.47 Å². The van der Waals surface area contributed by atoms with Crippen LogP contribution in [0.15, 0.2) is 71.8 Å². The number of aromatic nitrogens is 1. The third-order valence-corrected chi connectivity index (χ3v) is 6.23. The SMILES string of the molecule is COC(=O)c1c(SCc2ccc(F)cc2Cl)nc2ccccc2c1OCc1cccc(F)c1. The van der Waals surface area contributed by atoms with Crippen LogP contribution >= 0.6 is 23.4 Å². The third kappa shape index (κ3) is 5.26. The Bertz CT molecular complexity index is 1330. The van der Waals surface area contributed by atoms with Crippen LogP contribution in [0.1, 0.15) is 21.5 Å². The average molecular weight is 486 g/mol. The zero-order valence-corrected chi connectivity index (χ0v) is 19.1. The van der Waals surface area contributed by atoms with Crippen molar-refractivity contribution < 1.29 is 23.0 Å². The van der Waals surface area contributed by atoms with E-state index in [-0.39, 0.29) is 23.0 Å².